The first-order valence-electron chi connectivity index (χ1n) is 5.11. The molecule has 3 N–H and O–H groups in total. The standard InChI is InChI=1S/C9H20N4O/c1-3-11-9(12-10)13(2)8-4-6-14-7-5-8/h8H,3-7,10H2,1-2H3,(H,11,12). The quantitative estimate of drug-likeness (QED) is 0.284. The van der Waals surface area contributed by atoms with Crippen LogP contribution in [0.2, 0.25) is 0 Å². The third-order valence-corrected chi connectivity index (χ3v) is 2.51. The number of rotatable bonds is 2. The highest BCUT2D eigenvalue weighted by atomic mass is 16.5. The van der Waals surface area contributed by atoms with Crippen LogP contribution < -0.4 is 11.3 Å². The Bertz CT molecular complexity index is 189. The van der Waals surface area contributed by atoms with E-state index in [1.54, 1.807) is 0 Å². The first-order valence-corrected chi connectivity index (χ1v) is 5.11. The van der Waals surface area contributed by atoms with Gasteiger partial charge < -0.3 is 9.64 Å². The van der Waals surface area contributed by atoms with Crippen LogP contribution in [0.3, 0.4) is 0 Å². The lowest BCUT2D eigenvalue weighted by Gasteiger charge is -2.32. The smallest absolute Gasteiger partial charge is 0.208 e. The normalized spacial score (nSPS) is 19.5. The summed E-state index contributed by atoms with van der Waals surface area (Å²) in [6, 6.07) is 0.491. The maximum Gasteiger partial charge on any atom is 0.208 e. The molecule has 1 saturated heterocycles. The molecule has 5 nitrogen and oxygen atoms in total. The second-order valence-corrected chi connectivity index (χ2v) is 3.40. The summed E-state index contributed by atoms with van der Waals surface area (Å²) in [4.78, 5) is 6.39. The Balaban J connectivity index is 2.51. The van der Waals surface area contributed by atoms with Gasteiger partial charge in [-0.15, -0.1) is 0 Å². The molecule has 0 aromatic carbocycles. The molecule has 1 aliphatic rings. The number of hydrogen-bond donors (Lipinski definition) is 2. The molecular weight excluding hydrogens is 180 g/mol. The number of ether oxygens (including phenoxy) is 1. The van der Waals surface area contributed by atoms with Crippen molar-refractivity contribution in [1.29, 1.82) is 0 Å². The molecule has 0 saturated carbocycles. The topological polar surface area (TPSA) is 62.9 Å². The lowest BCUT2D eigenvalue weighted by Crippen LogP contribution is -2.49. The zero-order chi connectivity index (χ0) is 10.4. The van der Waals surface area contributed by atoms with Crippen LogP contribution >= 0.6 is 0 Å². The summed E-state index contributed by atoms with van der Waals surface area (Å²) in [6.07, 6.45) is 2.09. The van der Waals surface area contributed by atoms with E-state index >= 15 is 0 Å². The van der Waals surface area contributed by atoms with Gasteiger partial charge in [0.25, 0.3) is 0 Å². The molecular formula is C9H20N4O. The van der Waals surface area contributed by atoms with Crippen LogP contribution in [0.5, 0.6) is 0 Å². The first-order chi connectivity index (χ1) is 6.79. The molecule has 0 aromatic rings. The van der Waals surface area contributed by atoms with Crippen LogP contribution in [-0.2, 0) is 4.74 Å². The Labute approximate surface area is 85.3 Å². The fourth-order valence-corrected chi connectivity index (χ4v) is 1.65. The molecule has 0 amide bonds. The van der Waals surface area contributed by atoms with E-state index in [0.29, 0.717) is 6.04 Å². The Morgan fingerprint density at radius 1 is 1.57 bits per heavy atom. The highest BCUT2D eigenvalue weighted by Crippen LogP contribution is 2.12. The Morgan fingerprint density at radius 3 is 2.71 bits per heavy atom. The number of nitrogens with two attached hydrogens (primary N) is 1. The first kappa shape index (κ1) is 11.3. The van der Waals surface area contributed by atoms with Crippen LogP contribution in [0.4, 0.5) is 0 Å². The van der Waals surface area contributed by atoms with E-state index in [9.17, 15) is 0 Å². The highest BCUT2D eigenvalue weighted by Gasteiger charge is 2.20. The van der Waals surface area contributed by atoms with Crippen molar-refractivity contribution in [3.8, 4) is 0 Å². The van der Waals surface area contributed by atoms with Gasteiger partial charge in [-0.25, -0.2) is 5.84 Å². The molecule has 0 radical (unpaired) electrons. The maximum absolute atomic E-state index is 5.41. The van der Waals surface area contributed by atoms with Crippen molar-refractivity contribution in [3.05, 3.63) is 0 Å². The molecule has 0 unspecified atom stereocenters. The largest absolute Gasteiger partial charge is 0.381 e. The van der Waals surface area contributed by atoms with Crippen molar-refractivity contribution in [3.63, 3.8) is 0 Å². The Kier molecular flexibility index (Phi) is 4.69. The summed E-state index contributed by atoms with van der Waals surface area (Å²) in [6.45, 7) is 4.40. The minimum Gasteiger partial charge on any atom is -0.381 e. The van der Waals surface area contributed by atoms with Gasteiger partial charge in [-0.1, -0.05) is 0 Å². The average molecular weight is 200 g/mol. The number of nitrogens with zero attached hydrogens (tertiary/aromatic N) is 2. The molecule has 0 aromatic heterocycles. The van der Waals surface area contributed by atoms with E-state index in [2.05, 4.69) is 15.3 Å². The summed E-state index contributed by atoms with van der Waals surface area (Å²) >= 11 is 0. The van der Waals surface area contributed by atoms with Crippen molar-refractivity contribution in [2.75, 3.05) is 26.8 Å². The fourth-order valence-electron chi connectivity index (χ4n) is 1.65. The van der Waals surface area contributed by atoms with Crippen LogP contribution in [0, 0.1) is 0 Å². The predicted molar refractivity (Wildman–Crippen MR) is 56.9 cm³/mol. The average Bonchev–Trinajstić information content (AvgIpc) is 2.26. The van der Waals surface area contributed by atoms with Crippen LogP contribution in [-0.4, -0.2) is 43.7 Å². The molecule has 1 heterocycles. The highest BCUT2D eigenvalue weighted by molar-refractivity contribution is 5.79. The number of aliphatic imine (C=N–C) groups is 1. The van der Waals surface area contributed by atoms with Gasteiger partial charge in [0, 0.05) is 32.8 Å². The number of nitrogens with one attached hydrogen (secondary N) is 1. The summed E-state index contributed by atoms with van der Waals surface area (Å²) in [7, 11) is 2.02. The summed E-state index contributed by atoms with van der Waals surface area (Å²) in [5.41, 5.74) is 2.64. The zero-order valence-corrected chi connectivity index (χ0v) is 8.99. The molecule has 1 rings (SSSR count). The minimum atomic E-state index is 0.491. The van der Waals surface area contributed by atoms with E-state index < -0.39 is 0 Å². The molecule has 1 aliphatic heterocycles. The van der Waals surface area contributed by atoms with Gasteiger partial charge in [0.2, 0.25) is 5.96 Å². The van der Waals surface area contributed by atoms with Crippen molar-refractivity contribution in [2.45, 2.75) is 25.8 Å². The Hall–Kier alpha value is -0.810. The molecule has 5 heteroatoms. The van der Waals surface area contributed by atoms with Gasteiger partial charge in [-0.05, 0) is 19.8 Å². The van der Waals surface area contributed by atoms with E-state index in [4.69, 9.17) is 10.6 Å². The van der Waals surface area contributed by atoms with Gasteiger partial charge in [0.15, 0.2) is 0 Å². The molecule has 14 heavy (non-hydrogen) atoms. The second kappa shape index (κ2) is 5.82. The lowest BCUT2D eigenvalue weighted by atomic mass is 10.1. The van der Waals surface area contributed by atoms with Gasteiger partial charge >= 0.3 is 0 Å². The predicted octanol–water partition coefficient (Wildman–Crippen LogP) is -0.0636. The minimum absolute atomic E-state index is 0.491. The lowest BCUT2D eigenvalue weighted by molar-refractivity contribution is 0.0597. The van der Waals surface area contributed by atoms with Crippen molar-refractivity contribution in [2.24, 2.45) is 10.8 Å². The molecule has 1 fully saturated rings. The Morgan fingerprint density at radius 2 is 2.21 bits per heavy atom. The summed E-state index contributed by atoms with van der Waals surface area (Å²) in [5.74, 6) is 6.18. The summed E-state index contributed by atoms with van der Waals surface area (Å²) in [5, 5.41) is 0. The van der Waals surface area contributed by atoms with E-state index in [1.165, 1.54) is 0 Å². The van der Waals surface area contributed by atoms with Crippen molar-refractivity contribution < 1.29 is 4.74 Å². The van der Waals surface area contributed by atoms with Crippen molar-refractivity contribution in [1.82, 2.24) is 10.3 Å². The van der Waals surface area contributed by atoms with Gasteiger partial charge in [0.1, 0.15) is 0 Å². The van der Waals surface area contributed by atoms with E-state index in [1.807, 2.05) is 14.0 Å². The molecule has 0 aliphatic carbocycles. The SMILES string of the molecule is CCN=C(NN)N(C)C1CCOCC1. The number of guanidine groups is 1. The van der Waals surface area contributed by atoms with Crippen LogP contribution in [0.25, 0.3) is 0 Å². The third-order valence-electron chi connectivity index (χ3n) is 2.51. The summed E-state index contributed by atoms with van der Waals surface area (Å²) < 4.78 is 5.31. The molecule has 0 atom stereocenters. The molecule has 0 bridgehead atoms. The monoisotopic (exact) mass is 200 g/mol. The number of hydrazine groups is 1. The van der Waals surface area contributed by atoms with E-state index in [0.717, 1.165) is 38.6 Å². The fraction of sp³-hybridized carbons (Fsp3) is 0.889. The second-order valence-electron chi connectivity index (χ2n) is 3.40. The third kappa shape index (κ3) is 2.85. The van der Waals surface area contributed by atoms with Gasteiger partial charge in [-0.3, -0.25) is 10.4 Å². The van der Waals surface area contributed by atoms with E-state index in [-0.39, 0.29) is 0 Å². The van der Waals surface area contributed by atoms with Crippen molar-refractivity contribution >= 4 is 5.96 Å². The number of hydrogen-bond acceptors (Lipinski definition) is 3. The molecule has 82 valence electrons. The van der Waals surface area contributed by atoms with Gasteiger partial charge in [-0.2, -0.15) is 0 Å². The zero-order valence-electron chi connectivity index (χ0n) is 8.99. The molecule has 0 spiro atoms. The van der Waals surface area contributed by atoms with Crippen LogP contribution in [0.15, 0.2) is 4.99 Å². The maximum atomic E-state index is 5.41. The van der Waals surface area contributed by atoms with Gasteiger partial charge in [0.05, 0.1) is 0 Å². The van der Waals surface area contributed by atoms with Crippen LogP contribution in [0.1, 0.15) is 19.8 Å².